The molecule has 1 amide bonds. The van der Waals surface area contributed by atoms with Crippen LogP contribution < -0.4 is 20.1 Å². The summed E-state index contributed by atoms with van der Waals surface area (Å²) in [5.41, 5.74) is 4.90. The maximum Gasteiger partial charge on any atom is 0.224 e. The summed E-state index contributed by atoms with van der Waals surface area (Å²) in [6, 6.07) is 19.6. The van der Waals surface area contributed by atoms with Crippen molar-refractivity contribution in [2.45, 2.75) is 47.3 Å². The molecule has 0 heterocycles. The summed E-state index contributed by atoms with van der Waals surface area (Å²) in [6.07, 6.45) is 0.495. The molecule has 0 bridgehead atoms. The summed E-state index contributed by atoms with van der Waals surface area (Å²) in [4.78, 5) is 12.1. The SMILES string of the molecule is CCOc1cc(CNc2cccc(NC(=O)CC(C)C)c2)cc(Cl)c1OCc1ccccc1C. The van der Waals surface area contributed by atoms with E-state index in [0.29, 0.717) is 48.6 Å². The first-order chi connectivity index (χ1) is 16.4. The lowest BCUT2D eigenvalue weighted by Gasteiger charge is -2.17. The van der Waals surface area contributed by atoms with E-state index in [0.717, 1.165) is 22.5 Å². The van der Waals surface area contributed by atoms with Crippen LogP contribution in [-0.2, 0) is 17.9 Å². The molecule has 0 spiro atoms. The van der Waals surface area contributed by atoms with Gasteiger partial charge in [-0.15, -0.1) is 0 Å². The molecule has 0 atom stereocenters. The number of ether oxygens (including phenoxy) is 2. The first-order valence-electron chi connectivity index (χ1n) is 11.6. The Morgan fingerprint density at radius 2 is 1.76 bits per heavy atom. The van der Waals surface area contributed by atoms with Gasteiger partial charge in [-0.1, -0.05) is 55.8 Å². The number of anilines is 2. The van der Waals surface area contributed by atoms with Crippen LogP contribution in [0.15, 0.2) is 60.7 Å². The van der Waals surface area contributed by atoms with Gasteiger partial charge in [-0.05, 0) is 66.8 Å². The van der Waals surface area contributed by atoms with Crippen molar-refractivity contribution in [1.82, 2.24) is 0 Å². The van der Waals surface area contributed by atoms with E-state index < -0.39 is 0 Å². The highest BCUT2D eigenvalue weighted by molar-refractivity contribution is 6.32. The number of halogens is 1. The van der Waals surface area contributed by atoms with Crippen molar-refractivity contribution in [1.29, 1.82) is 0 Å². The molecule has 2 N–H and O–H groups in total. The fraction of sp³-hybridized carbons (Fsp3) is 0.321. The number of carbonyl (C=O) groups excluding carboxylic acids is 1. The largest absolute Gasteiger partial charge is 0.490 e. The van der Waals surface area contributed by atoms with Gasteiger partial charge in [0.25, 0.3) is 0 Å². The number of hydrogen-bond donors (Lipinski definition) is 2. The van der Waals surface area contributed by atoms with Gasteiger partial charge in [0.2, 0.25) is 5.91 Å². The van der Waals surface area contributed by atoms with E-state index in [9.17, 15) is 4.79 Å². The summed E-state index contributed by atoms with van der Waals surface area (Å²) in [6.45, 7) is 9.51. The van der Waals surface area contributed by atoms with Gasteiger partial charge in [-0.3, -0.25) is 4.79 Å². The Morgan fingerprint density at radius 3 is 2.50 bits per heavy atom. The van der Waals surface area contributed by atoms with Gasteiger partial charge >= 0.3 is 0 Å². The summed E-state index contributed by atoms with van der Waals surface area (Å²) in [5, 5.41) is 6.85. The minimum Gasteiger partial charge on any atom is -0.490 e. The summed E-state index contributed by atoms with van der Waals surface area (Å²) < 4.78 is 11.9. The van der Waals surface area contributed by atoms with Crippen molar-refractivity contribution in [3.63, 3.8) is 0 Å². The standard InChI is InChI=1S/C28H33ClN2O3/c1-5-33-26-15-21(14-25(29)28(26)34-18-22-10-7-6-9-20(22)4)17-30-23-11-8-12-24(16-23)31-27(32)13-19(2)3/h6-12,14-16,19,30H,5,13,17-18H2,1-4H3,(H,31,32). The first-order valence-corrected chi connectivity index (χ1v) is 12.0. The molecule has 3 aromatic carbocycles. The van der Waals surface area contributed by atoms with E-state index in [1.54, 1.807) is 0 Å². The molecule has 0 saturated heterocycles. The average molecular weight is 481 g/mol. The molecule has 0 radical (unpaired) electrons. The Hall–Kier alpha value is -3.18. The second-order valence-corrected chi connectivity index (χ2v) is 9.04. The van der Waals surface area contributed by atoms with Crippen LogP contribution in [0.25, 0.3) is 0 Å². The second-order valence-electron chi connectivity index (χ2n) is 8.63. The van der Waals surface area contributed by atoms with Crippen LogP contribution in [0.2, 0.25) is 5.02 Å². The third kappa shape index (κ3) is 7.42. The molecule has 0 unspecified atom stereocenters. The third-order valence-corrected chi connectivity index (χ3v) is 5.52. The highest BCUT2D eigenvalue weighted by atomic mass is 35.5. The lowest BCUT2D eigenvalue weighted by Crippen LogP contribution is -2.13. The van der Waals surface area contributed by atoms with Crippen LogP contribution in [0, 0.1) is 12.8 Å². The molecule has 180 valence electrons. The zero-order valence-electron chi connectivity index (χ0n) is 20.3. The van der Waals surface area contributed by atoms with Gasteiger partial charge in [0.05, 0.1) is 11.6 Å². The molecule has 5 nitrogen and oxygen atoms in total. The zero-order valence-corrected chi connectivity index (χ0v) is 21.0. The average Bonchev–Trinajstić information content (AvgIpc) is 2.78. The first kappa shape index (κ1) is 25.4. The van der Waals surface area contributed by atoms with Crippen molar-refractivity contribution in [2.24, 2.45) is 5.92 Å². The molecule has 0 aliphatic carbocycles. The third-order valence-electron chi connectivity index (χ3n) is 5.24. The van der Waals surface area contributed by atoms with Gasteiger partial charge in [0.15, 0.2) is 11.5 Å². The van der Waals surface area contributed by atoms with Crippen LogP contribution in [-0.4, -0.2) is 12.5 Å². The molecule has 0 aliphatic heterocycles. The molecule has 0 aliphatic rings. The quantitative estimate of drug-likeness (QED) is 0.304. The van der Waals surface area contributed by atoms with Crippen molar-refractivity contribution in [3.05, 3.63) is 82.4 Å². The highest BCUT2D eigenvalue weighted by Gasteiger charge is 2.14. The van der Waals surface area contributed by atoms with Crippen LogP contribution in [0.4, 0.5) is 11.4 Å². The van der Waals surface area contributed by atoms with Gasteiger partial charge in [0.1, 0.15) is 6.61 Å². The number of amides is 1. The summed E-state index contributed by atoms with van der Waals surface area (Å²) in [5.74, 6) is 1.50. The lowest BCUT2D eigenvalue weighted by molar-refractivity contribution is -0.116. The fourth-order valence-electron chi connectivity index (χ4n) is 3.54. The monoisotopic (exact) mass is 480 g/mol. The van der Waals surface area contributed by atoms with E-state index in [4.69, 9.17) is 21.1 Å². The Kier molecular flexibility index (Phi) is 9.23. The van der Waals surface area contributed by atoms with Gasteiger partial charge in [-0.2, -0.15) is 0 Å². The van der Waals surface area contributed by atoms with E-state index in [-0.39, 0.29) is 5.91 Å². The van der Waals surface area contributed by atoms with Gasteiger partial charge in [0, 0.05) is 24.3 Å². The van der Waals surface area contributed by atoms with Crippen LogP contribution in [0.3, 0.4) is 0 Å². The van der Waals surface area contributed by atoms with Crippen LogP contribution in [0.5, 0.6) is 11.5 Å². The van der Waals surface area contributed by atoms with Crippen molar-refractivity contribution < 1.29 is 14.3 Å². The minimum atomic E-state index is 0.0153. The maximum absolute atomic E-state index is 12.1. The maximum atomic E-state index is 12.1. The summed E-state index contributed by atoms with van der Waals surface area (Å²) in [7, 11) is 0. The number of nitrogens with one attached hydrogen (secondary N) is 2. The topological polar surface area (TPSA) is 59.6 Å². The molecule has 0 aromatic heterocycles. The Balaban J connectivity index is 1.69. The van der Waals surface area contributed by atoms with Gasteiger partial charge < -0.3 is 20.1 Å². The number of aryl methyl sites for hydroxylation is 1. The van der Waals surface area contributed by atoms with Crippen molar-refractivity contribution >= 4 is 28.9 Å². The normalized spacial score (nSPS) is 10.8. The molecule has 6 heteroatoms. The van der Waals surface area contributed by atoms with E-state index in [2.05, 4.69) is 23.6 Å². The van der Waals surface area contributed by atoms with E-state index in [1.165, 1.54) is 5.56 Å². The molecular formula is C28H33ClN2O3. The smallest absolute Gasteiger partial charge is 0.224 e. The number of carbonyl (C=O) groups is 1. The number of rotatable bonds is 11. The molecule has 3 rings (SSSR count). The molecule has 0 saturated carbocycles. The molecule has 0 fully saturated rings. The van der Waals surface area contributed by atoms with Gasteiger partial charge in [-0.25, -0.2) is 0 Å². The predicted molar refractivity (Wildman–Crippen MR) is 140 cm³/mol. The Morgan fingerprint density at radius 1 is 1.00 bits per heavy atom. The fourth-order valence-corrected chi connectivity index (χ4v) is 3.83. The molecule has 3 aromatic rings. The number of hydrogen-bond acceptors (Lipinski definition) is 4. The predicted octanol–water partition coefficient (Wildman–Crippen LogP) is 7.22. The Bertz CT molecular complexity index is 1110. The van der Waals surface area contributed by atoms with Crippen molar-refractivity contribution in [3.8, 4) is 11.5 Å². The highest BCUT2D eigenvalue weighted by Crippen LogP contribution is 2.37. The number of benzene rings is 3. The Labute approximate surface area is 207 Å². The minimum absolute atomic E-state index is 0.0153. The van der Waals surface area contributed by atoms with E-state index in [1.807, 2.05) is 75.4 Å². The molecular weight excluding hydrogens is 448 g/mol. The lowest BCUT2D eigenvalue weighted by atomic mass is 10.1. The molecule has 34 heavy (non-hydrogen) atoms. The second kappa shape index (κ2) is 12.3. The van der Waals surface area contributed by atoms with E-state index >= 15 is 0 Å². The van der Waals surface area contributed by atoms with Crippen LogP contribution >= 0.6 is 11.6 Å². The zero-order chi connectivity index (χ0) is 24.5. The van der Waals surface area contributed by atoms with Crippen LogP contribution in [0.1, 0.15) is 43.9 Å². The summed E-state index contributed by atoms with van der Waals surface area (Å²) >= 11 is 6.60. The van der Waals surface area contributed by atoms with Crippen molar-refractivity contribution in [2.75, 3.05) is 17.2 Å².